The lowest BCUT2D eigenvalue weighted by atomic mass is 10.1. The van der Waals surface area contributed by atoms with Crippen LogP contribution < -0.4 is 14.8 Å². The van der Waals surface area contributed by atoms with Gasteiger partial charge < -0.3 is 19.6 Å². The Bertz CT molecular complexity index is 953. The largest absolute Gasteiger partial charge is 0.492 e. The molecule has 0 saturated heterocycles. The maximum Gasteiger partial charge on any atom is 0.262 e. The molecule has 0 spiro atoms. The number of benzene rings is 2. The molecule has 2 aromatic carbocycles. The second-order valence-electron chi connectivity index (χ2n) is 6.83. The Labute approximate surface area is 175 Å². The van der Waals surface area contributed by atoms with E-state index >= 15 is 0 Å². The third-order valence-electron chi connectivity index (χ3n) is 4.33. The Morgan fingerprint density at radius 3 is 2.60 bits per heavy atom. The number of aryl methyl sites for hydroxylation is 1. The molecular weight excluding hydrogens is 382 g/mol. The van der Waals surface area contributed by atoms with Crippen molar-refractivity contribution in [2.75, 3.05) is 18.5 Å². The molecular formula is C23H25N3O4. The number of anilines is 1. The van der Waals surface area contributed by atoms with Crippen LogP contribution in [0.5, 0.6) is 11.5 Å². The summed E-state index contributed by atoms with van der Waals surface area (Å²) in [5.41, 5.74) is 1.70. The van der Waals surface area contributed by atoms with E-state index in [0.29, 0.717) is 43.2 Å². The highest BCUT2D eigenvalue weighted by atomic mass is 16.5. The van der Waals surface area contributed by atoms with Gasteiger partial charge in [-0.1, -0.05) is 18.2 Å². The van der Waals surface area contributed by atoms with Crippen LogP contribution in [0.15, 0.2) is 67.0 Å². The third-order valence-corrected chi connectivity index (χ3v) is 4.33. The Kier molecular flexibility index (Phi) is 7.60. The summed E-state index contributed by atoms with van der Waals surface area (Å²) in [5, 5.41) is 6.92. The van der Waals surface area contributed by atoms with E-state index in [1.807, 2.05) is 36.5 Å². The van der Waals surface area contributed by atoms with Gasteiger partial charge in [-0.2, -0.15) is 5.10 Å². The van der Waals surface area contributed by atoms with Crippen molar-refractivity contribution in [3.63, 3.8) is 0 Å². The van der Waals surface area contributed by atoms with Gasteiger partial charge in [-0.05, 0) is 49.2 Å². The third kappa shape index (κ3) is 7.09. The molecule has 1 amide bonds. The van der Waals surface area contributed by atoms with Crippen LogP contribution in [-0.2, 0) is 22.6 Å². The van der Waals surface area contributed by atoms with Gasteiger partial charge in [0.05, 0.1) is 6.54 Å². The second kappa shape index (κ2) is 10.8. The lowest BCUT2D eigenvalue weighted by Crippen LogP contribution is -2.20. The summed E-state index contributed by atoms with van der Waals surface area (Å²) in [4.78, 5) is 23.2. The van der Waals surface area contributed by atoms with Gasteiger partial charge in [-0.25, -0.2) is 0 Å². The SMILES string of the molecule is CC(=O)CCc1ccc(OCC(=O)Nc2cccc(OCCn3cccn3)c2)cc1. The number of amides is 1. The molecule has 0 aliphatic rings. The molecule has 0 atom stereocenters. The fourth-order valence-electron chi connectivity index (χ4n) is 2.77. The van der Waals surface area contributed by atoms with Gasteiger partial charge >= 0.3 is 0 Å². The first-order valence-corrected chi connectivity index (χ1v) is 9.80. The standard InChI is InChI=1S/C23H25N3O4/c1-18(27)6-7-19-8-10-21(11-9-19)30-17-23(28)25-20-4-2-5-22(16-20)29-15-14-26-13-3-12-24-26/h2-5,8-13,16H,6-7,14-15,17H2,1H3,(H,25,28). The average Bonchev–Trinajstić information content (AvgIpc) is 3.25. The van der Waals surface area contributed by atoms with Gasteiger partial charge in [0.2, 0.25) is 0 Å². The van der Waals surface area contributed by atoms with Crippen LogP contribution in [0.1, 0.15) is 18.9 Å². The number of nitrogens with zero attached hydrogens (tertiary/aromatic N) is 2. The lowest BCUT2D eigenvalue weighted by Gasteiger charge is -2.10. The second-order valence-corrected chi connectivity index (χ2v) is 6.83. The molecule has 1 heterocycles. The summed E-state index contributed by atoms with van der Waals surface area (Å²) in [6.07, 6.45) is 4.83. The Balaban J connectivity index is 1.42. The topological polar surface area (TPSA) is 82.5 Å². The van der Waals surface area contributed by atoms with E-state index in [2.05, 4.69) is 10.4 Å². The van der Waals surface area contributed by atoms with Gasteiger partial charge in [-0.15, -0.1) is 0 Å². The summed E-state index contributed by atoms with van der Waals surface area (Å²) >= 11 is 0. The predicted molar refractivity (Wildman–Crippen MR) is 114 cm³/mol. The molecule has 3 aromatic rings. The first-order chi connectivity index (χ1) is 14.6. The maximum absolute atomic E-state index is 12.2. The number of hydrogen-bond acceptors (Lipinski definition) is 5. The van der Waals surface area contributed by atoms with Crippen LogP contribution in [0.2, 0.25) is 0 Å². The van der Waals surface area contributed by atoms with Crippen LogP contribution in [0.25, 0.3) is 0 Å². The minimum Gasteiger partial charge on any atom is -0.492 e. The van der Waals surface area contributed by atoms with Gasteiger partial charge in [0.25, 0.3) is 5.91 Å². The normalized spacial score (nSPS) is 10.4. The van der Waals surface area contributed by atoms with Crippen molar-refractivity contribution >= 4 is 17.4 Å². The van der Waals surface area contributed by atoms with Crippen molar-refractivity contribution in [1.82, 2.24) is 9.78 Å². The maximum atomic E-state index is 12.2. The molecule has 7 nitrogen and oxygen atoms in total. The van der Waals surface area contributed by atoms with E-state index in [9.17, 15) is 9.59 Å². The molecule has 1 aromatic heterocycles. The zero-order valence-corrected chi connectivity index (χ0v) is 16.9. The van der Waals surface area contributed by atoms with E-state index in [0.717, 1.165) is 5.56 Å². The number of ether oxygens (including phenoxy) is 2. The van der Waals surface area contributed by atoms with Gasteiger partial charge in [0.15, 0.2) is 6.61 Å². The Morgan fingerprint density at radius 1 is 1.03 bits per heavy atom. The zero-order valence-electron chi connectivity index (χ0n) is 16.9. The first kappa shape index (κ1) is 21.1. The van der Waals surface area contributed by atoms with Crippen molar-refractivity contribution < 1.29 is 19.1 Å². The van der Waals surface area contributed by atoms with Crippen LogP contribution in [0.3, 0.4) is 0 Å². The fourth-order valence-corrected chi connectivity index (χ4v) is 2.77. The van der Waals surface area contributed by atoms with Crippen LogP contribution in [-0.4, -0.2) is 34.7 Å². The van der Waals surface area contributed by atoms with Gasteiger partial charge in [0.1, 0.15) is 23.9 Å². The molecule has 0 unspecified atom stereocenters. The van der Waals surface area contributed by atoms with Crippen molar-refractivity contribution in [1.29, 1.82) is 0 Å². The molecule has 0 aliphatic carbocycles. The summed E-state index contributed by atoms with van der Waals surface area (Å²) in [6.45, 7) is 2.60. The predicted octanol–water partition coefficient (Wildman–Crippen LogP) is 3.50. The number of nitrogens with one attached hydrogen (secondary N) is 1. The van der Waals surface area contributed by atoms with Crippen molar-refractivity contribution in [3.8, 4) is 11.5 Å². The molecule has 3 rings (SSSR count). The number of Topliss-reactive ketones (excluding diaryl/α,β-unsaturated/α-hetero) is 1. The highest BCUT2D eigenvalue weighted by Crippen LogP contribution is 2.18. The van der Waals surface area contributed by atoms with Gasteiger partial charge in [0, 0.05) is 30.6 Å². The van der Waals surface area contributed by atoms with E-state index in [-0.39, 0.29) is 18.3 Å². The number of hydrogen-bond donors (Lipinski definition) is 1. The van der Waals surface area contributed by atoms with Crippen molar-refractivity contribution in [2.24, 2.45) is 0 Å². The summed E-state index contributed by atoms with van der Waals surface area (Å²) in [6, 6.07) is 16.5. The summed E-state index contributed by atoms with van der Waals surface area (Å²) < 4.78 is 13.0. The van der Waals surface area contributed by atoms with Crippen LogP contribution in [0, 0.1) is 0 Å². The molecule has 7 heteroatoms. The minimum atomic E-state index is -0.260. The zero-order chi connectivity index (χ0) is 21.2. The molecule has 0 saturated carbocycles. The van der Waals surface area contributed by atoms with E-state index in [1.54, 1.807) is 42.1 Å². The fraction of sp³-hybridized carbons (Fsp3) is 0.261. The number of carbonyl (C=O) groups is 2. The molecule has 0 aliphatic heterocycles. The summed E-state index contributed by atoms with van der Waals surface area (Å²) in [7, 11) is 0. The van der Waals surface area contributed by atoms with Crippen molar-refractivity contribution in [2.45, 2.75) is 26.3 Å². The minimum absolute atomic E-state index is 0.100. The molecule has 1 N–H and O–H groups in total. The van der Waals surface area contributed by atoms with E-state index in [1.165, 1.54) is 0 Å². The van der Waals surface area contributed by atoms with Crippen molar-refractivity contribution in [3.05, 3.63) is 72.6 Å². The summed E-state index contributed by atoms with van der Waals surface area (Å²) in [5.74, 6) is 1.18. The molecule has 30 heavy (non-hydrogen) atoms. The van der Waals surface area contributed by atoms with Gasteiger partial charge in [-0.3, -0.25) is 9.48 Å². The highest BCUT2D eigenvalue weighted by molar-refractivity contribution is 5.92. The van der Waals surface area contributed by atoms with Crippen LogP contribution in [0.4, 0.5) is 5.69 Å². The smallest absolute Gasteiger partial charge is 0.262 e. The quantitative estimate of drug-likeness (QED) is 0.526. The molecule has 156 valence electrons. The molecule has 0 fully saturated rings. The molecule has 0 bridgehead atoms. The van der Waals surface area contributed by atoms with E-state index < -0.39 is 0 Å². The van der Waals surface area contributed by atoms with E-state index in [4.69, 9.17) is 9.47 Å². The Morgan fingerprint density at radius 2 is 1.87 bits per heavy atom. The number of carbonyl (C=O) groups excluding carboxylic acids is 2. The lowest BCUT2D eigenvalue weighted by molar-refractivity contribution is -0.118. The average molecular weight is 407 g/mol. The number of rotatable bonds is 11. The van der Waals surface area contributed by atoms with Crippen LogP contribution >= 0.6 is 0 Å². The number of aromatic nitrogens is 2. The highest BCUT2D eigenvalue weighted by Gasteiger charge is 2.06. The number of ketones is 1. The first-order valence-electron chi connectivity index (χ1n) is 9.80. The Hall–Kier alpha value is -3.61. The molecule has 0 radical (unpaired) electrons. The monoisotopic (exact) mass is 407 g/mol.